The van der Waals surface area contributed by atoms with Crippen molar-refractivity contribution in [2.24, 2.45) is 0 Å². The van der Waals surface area contributed by atoms with E-state index in [1.165, 1.54) is 0 Å². The quantitative estimate of drug-likeness (QED) is 0.705. The Kier molecular flexibility index (Phi) is 4.34. The Morgan fingerprint density at radius 3 is 2.73 bits per heavy atom. The number of ether oxygens (including phenoxy) is 2. The number of hydrogen-bond donors (Lipinski definition) is 1. The predicted octanol–water partition coefficient (Wildman–Crippen LogP) is 3.51. The molecule has 0 radical (unpaired) electrons. The van der Waals surface area contributed by atoms with Gasteiger partial charge in [0.15, 0.2) is 11.5 Å². The Balaban J connectivity index is 1.87. The van der Waals surface area contributed by atoms with Crippen LogP contribution in [0.3, 0.4) is 0 Å². The van der Waals surface area contributed by atoms with Crippen LogP contribution in [-0.2, 0) is 0 Å². The normalized spacial score (nSPS) is 15.7. The molecule has 4 rings (SSSR count). The van der Waals surface area contributed by atoms with Crippen molar-refractivity contribution in [3.63, 3.8) is 0 Å². The molecule has 3 aromatic rings. The molecule has 1 unspecified atom stereocenters. The van der Waals surface area contributed by atoms with Gasteiger partial charge in [-0.15, -0.1) is 0 Å². The van der Waals surface area contributed by atoms with Crippen LogP contribution >= 0.6 is 15.9 Å². The Morgan fingerprint density at radius 2 is 1.96 bits per heavy atom. The van der Waals surface area contributed by atoms with Crippen LogP contribution in [0.15, 0.2) is 53.0 Å². The van der Waals surface area contributed by atoms with Crippen molar-refractivity contribution >= 4 is 27.6 Å². The smallest absolute Gasteiger partial charge is 0.248 e. The highest BCUT2D eigenvalue weighted by Crippen LogP contribution is 2.40. The van der Waals surface area contributed by atoms with Crippen molar-refractivity contribution in [1.82, 2.24) is 20.2 Å². The van der Waals surface area contributed by atoms with E-state index in [2.05, 4.69) is 42.8 Å². The fraction of sp³-hybridized carbons (Fsp3) is 0.167. The number of benzene rings is 2. The number of allylic oxidation sites excluding steroid dienone is 1. The number of rotatable bonds is 4. The van der Waals surface area contributed by atoms with Gasteiger partial charge in [-0.25, -0.2) is 0 Å². The molecule has 1 N–H and O–H groups in total. The summed E-state index contributed by atoms with van der Waals surface area (Å²) in [6.45, 7) is 0. The van der Waals surface area contributed by atoms with E-state index in [1.54, 1.807) is 18.9 Å². The summed E-state index contributed by atoms with van der Waals surface area (Å²) >= 11 is 3.52. The molecule has 1 atom stereocenters. The molecule has 0 bridgehead atoms. The number of halogens is 1. The number of methoxy groups -OCH3 is 2. The van der Waals surface area contributed by atoms with Gasteiger partial charge in [0.05, 0.1) is 14.2 Å². The minimum Gasteiger partial charge on any atom is -0.493 e. The van der Waals surface area contributed by atoms with Gasteiger partial charge in [0.25, 0.3) is 0 Å². The number of anilines is 1. The fourth-order valence-corrected chi connectivity index (χ4v) is 3.44. The van der Waals surface area contributed by atoms with Crippen molar-refractivity contribution < 1.29 is 9.47 Å². The second-order valence-corrected chi connectivity index (χ2v) is 6.61. The Morgan fingerprint density at radius 1 is 1.12 bits per heavy atom. The average molecular weight is 414 g/mol. The lowest BCUT2D eigenvalue weighted by Crippen LogP contribution is -2.21. The lowest BCUT2D eigenvalue weighted by molar-refractivity contribution is 0.348. The summed E-state index contributed by atoms with van der Waals surface area (Å²) in [5.74, 6) is 1.89. The van der Waals surface area contributed by atoms with Gasteiger partial charge in [-0.05, 0) is 40.3 Å². The summed E-state index contributed by atoms with van der Waals surface area (Å²) in [6.07, 6.45) is 2.07. The number of nitrogens with one attached hydrogen (secondary N) is 1. The number of para-hydroxylation sites is 1. The summed E-state index contributed by atoms with van der Waals surface area (Å²) in [4.78, 5) is 0. The number of hydrogen-bond acceptors (Lipinski definition) is 6. The minimum atomic E-state index is -0.236. The summed E-state index contributed by atoms with van der Waals surface area (Å²) < 4.78 is 13.8. The van der Waals surface area contributed by atoms with E-state index in [0.717, 1.165) is 21.3 Å². The van der Waals surface area contributed by atoms with E-state index < -0.39 is 0 Å². The molecule has 0 amide bonds. The first-order valence-electron chi connectivity index (χ1n) is 7.95. The molecule has 26 heavy (non-hydrogen) atoms. The third kappa shape index (κ3) is 2.82. The molecule has 2 aromatic carbocycles. The van der Waals surface area contributed by atoms with E-state index in [-0.39, 0.29) is 6.04 Å². The van der Waals surface area contributed by atoms with Gasteiger partial charge >= 0.3 is 0 Å². The Bertz CT molecular complexity index is 985. The predicted molar refractivity (Wildman–Crippen MR) is 101 cm³/mol. The van der Waals surface area contributed by atoms with Gasteiger partial charge in [-0.1, -0.05) is 45.3 Å². The van der Waals surface area contributed by atoms with Gasteiger partial charge in [-0.2, -0.15) is 4.68 Å². The van der Waals surface area contributed by atoms with Crippen LogP contribution in [0.25, 0.3) is 5.70 Å². The second kappa shape index (κ2) is 6.80. The van der Waals surface area contributed by atoms with Crippen molar-refractivity contribution in [2.75, 3.05) is 19.5 Å². The SMILES string of the molecule is COc1cccc(C2C=C(c3cccc(Br)c3)Nc3nnnn32)c1OC. The molecule has 0 saturated heterocycles. The maximum Gasteiger partial charge on any atom is 0.248 e. The highest BCUT2D eigenvalue weighted by Gasteiger charge is 2.27. The van der Waals surface area contributed by atoms with Crippen LogP contribution in [0.1, 0.15) is 17.2 Å². The Hall–Kier alpha value is -2.87. The molecule has 1 aliphatic rings. The van der Waals surface area contributed by atoms with E-state index >= 15 is 0 Å². The summed E-state index contributed by atoms with van der Waals surface area (Å²) in [5, 5.41) is 15.3. The van der Waals surface area contributed by atoms with Crippen LogP contribution in [0.2, 0.25) is 0 Å². The summed E-state index contributed by atoms with van der Waals surface area (Å²) in [5.41, 5.74) is 2.86. The first-order valence-corrected chi connectivity index (χ1v) is 8.74. The zero-order valence-electron chi connectivity index (χ0n) is 14.2. The molecular weight excluding hydrogens is 398 g/mol. The van der Waals surface area contributed by atoms with E-state index in [1.807, 2.05) is 42.5 Å². The summed E-state index contributed by atoms with van der Waals surface area (Å²) in [6, 6.07) is 13.6. The molecule has 0 saturated carbocycles. The van der Waals surface area contributed by atoms with Gasteiger partial charge in [0.2, 0.25) is 5.95 Å². The average Bonchev–Trinajstić information content (AvgIpc) is 3.15. The zero-order valence-corrected chi connectivity index (χ0v) is 15.8. The highest BCUT2D eigenvalue weighted by molar-refractivity contribution is 9.10. The molecule has 7 nitrogen and oxygen atoms in total. The van der Waals surface area contributed by atoms with E-state index in [0.29, 0.717) is 17.4 Å². The van der Waals surface area contributed by atoms with Crippen molar-refractivity contribution in [2.45, 2.75) is 6.04 Å². The van der Waals surface area contributed by atoms with E-state index in [4.69, 9.17) is 9.47 Å². The van der Waals surface area contributed by atoms with Crippen LogP contribution in [-0.4, -0.2) is 34.4 Å². The zero-order chi connectivity index (χ0) is 18.1. The number of aromatic nitrogens is 4. The largest absolute Gasteiger partial charge is 0.493 e. The van der Waals surface area contributed by atoms with Crippen molar-refractivity contribution in [3.05, 3.63) is 64.1 Å². The fourth-order valence-electron chi connectivity index (χ4n) is 3.04. The molecule has 132 valence electrons. The standard InChI is InChI=1S/C18H16BrN5O2/c1-25-16-8-4-7-13(17(16)26-2)15-10-14(11-5-3-6-12(19)9-11)20-18-21-22-23-24(15)18/h3-10,15H,1-2H3,(H,20,21,23). The molecule has 1 aliphatic heterocycles. The molecule has 8 heteroatoms. The molecule has 0 fully saturated rings. The topological polar surface area (TPSA) is 74.1 Å². The molecule has 1 aromatic heterocycles. The van der Waals surface area contributed by atoms with Crippen LogP contribution < -0.4 is 14.8 Å². The molecule has 0 spiro atoms. The monoisotopic (exact) mass is 413 g/mol. The lowest BCUT2D eigenvalue weighted by Gasteiger charge is -2.25. The lowest BCUT2D eigenvalue weighted by atomic mass is 10.0. The van der Waals surface area contributed by atoms with Crippen molar-refractivity contribution in [3.8, 4) is 11.5 Å². The van der Waals surface area contributed by atoms with Crippen molar-refractivity contribution in [1.29, 1.82) is 0 Å². The van der Waals surface area contributed by atoms with E-state index in [9.17, 15) is 0 Å². The second-order valence-electron chi connectivity index (χ2n) is 5.69. The van der Waals surface area contributed by atoms with Crippen LogP contribution in [0, 0.1) is 0 Å². The van der Waals surface area contributed by atoms with Gasteiger partial charge in [0, 0.05) is 15.7 Å². The maximum absolute atomic E-state index is 5.61. The summed E-state index contributed by atoms with van der Waals surface area (Å²) in [7, 11) is 3.25. The highest BCUT2D eigenvalue weighted by atomic mass is 79.9. The third-order valence-corrected chi connectivity index (χ3v) is 4.71. The first-order chi connectivity index (χ1) is 12.7. The number of fused-ring (bicyclic) bond motifs is 1. The molecule has 2 heterocycles. The maximum atomic E-state index is 5.61. The van der Waals surface area contributed by atoms with Gasteiger partial charge in [0.1, 0.15) is 6.04 Å². The number of nitrogens with zero attached hydrogens (tertiary/aromatic N) is 4. The number of tetrazole rings is 1. The first kappa shape index (κ1) is 16.6. The van der Waals surface area contributed by atoms with Crippen LogP contribution in [0.5, 0.6) is 11.5 Å². The molecule has 0 aliphatic carbocycles. The third-order valence-electron chi connectivity index (χ3n) is 4.21. The van der Waals surface area contributed by atoms with Crippen LogP contribution in [0.4, 0.5) is 5.95 Å². The minimum absolute atomic E-state index is 0.236. The van der Waals surface area contributed by atoms with Gasteiger partial charge in [-0.3, -0.25) is 0 Å². The molecular formula is C18H16BrN5O2. The Labute approximate surface area is 158 Å². The van der Waals surface area contributed by atoms with Gasteiger partial charge < -0.3 is 14.8 Å².